The smallest absolute Gasteiger partial charge is 0.0405 e. The van der Waals surface area contributed by atoms with Crippen molar-refractivity contribution >= 4 is 21.6 Å². The Labute approximate surface area is 133 Å². The Morgan fingerprint density at radius 1 is 0.667 bits per heavy atom. The molecular formula is C18H17BrN2. The molecule has 0 aliphatic heterocycles. The van der Waals surface area contributed by atoms with Crippen LogP contribution in [0.4, 0.5) is 5.69 Å². The molecule has 0 heterocycles. The topological polar surface area (TPSA) is 61.0 Å². The molecule has 5 N–H and O–H groups in total. The van der Waals surface area contributed by atoms with Crippen molar-refractivity contribution in [1.29, 1.82) is 0 Å². The van der Waals surface area contributed by atoms with E-state index in [1.807, 2.05) is 42.5 Å². The second kappa shape index (κ2) is 6.57. The molecule has 0 spiro atoms. The van der Waals surface area contributed by atoms with E-state index in [0.717, 1.165) is 26.9 Å². The summed E-state index contributed by atoms with van der Waals surface area (Å²) in [7, 11) is 0. The van der Waals surface area contributed by atoms with E-state index >= 15 is 0 Å². The number of benzene rings is 3. The molecule has 0 aromatic heterocycles. The van der Waals surface area contributed by atoms with E-state index in [0.29, 0.717) is 0 Å². The van der Waals surface area contributed by atoms with Crippen molar-refractivity contribution in [3.63, 3.8) is 0 Å². The number of nitrogens with two attached hydrogens (primary N) is 1. The fourth-order valence-corrected chi connectivity index (χ4v) is 3.15. The molecule has 3 aromatic carbocycles. The van der Waals surface area contributed by atoms with Crippen molar-refractivity contribution in [2.24, 2.45) is 0 Å². The van der Waals surface area contributed by atoms with Crippen LogP contribution < -0.4 is 11.9 Å². The minimum atomic E-state index is 0. The van der Waals surface area contributed by atoms with Gasteiger partial charge in [0.1, 0.15) is 0 Å². The van der Waals surface area contributed by atoms with Crippen LogP contribution in [0.3, 0.4) is 0 Å². The summed E-state index contributed by atoms with van der Waals surface area (Å²) >= 11 is 3.73. The lowest BCUT2D eigenvalue weighted by atomic mass is 9.97. The first-order valence-corrected chi connectivity index (χ1v) is 7.25. The van der Waals surface area contributed by atoms with Crippen LogP contribution in [0.1, 0.15) is 0 Å². The molecule has 0 aliphatic rings. The van der Waals surface area contributed by atoms with E-state index in [4.69, 9.17) is 5.73 Å². The highest BCUT2D eigenvalue weighted by atomic mass is 79.9. The van der Waals surface area contributed by atoms with E-state index in [-0.39, 0.29) is 6.15 Å². The summed E-state index contributed by atoms with van der Waals surface area (Å²) in [6.07, 6.45) is 0. The van der Waals surface area contributed by atoms with Gasteiger partial charge in [-0.05, 0) is 38.7 Å². The molecule has 0 saturated carbocycles. The van der Waals surface area contributed by atoms with Crippen LogP contribution in [0.5, 0.6) is 0 Å². The lowest BCUT2D eigenvalue weighted by Gasteiger charge is -2.13. The summed E-state index contributed by atoms with van der Waals surface area (Å²) in [6, 6.07) is 24.5. The SMILES string of the molecule is N.Nc1ccc(-c2ccccc2)c(Br)c1-c1ccccc1. The molecule has 2 nitrogen and oxygen atoms in total. The van der Waals surface area contributed by atoms with Gasteiger partial charge in [0.2, 0.25) is 0 Å². The average Bonchev–Trinajstić information content (AvgIpc) is 2.49. The largest absolute Gasteiger partial charge is 0.398 e. The van der Waals surface area contributed by atoms with Crippen LogP contribution in [0.15, 0.2) is 77.3 Å². The molecule has 0 saturated heterocycles. The van der Waals surface area contributed by atoms with E-state index in [9.17, 15) is 0 Å². The van der Waals surface area contributed by atoms with Crippen LogP contribution in [0.25, 0.3) is 22.3 Å². The number of nitrogen functional groups attached to an aromatic ring is 1. The fourth-order valence-electron chi connectivity index (χ4n) is 2.33. The summed E-state index contributed by atoms with van der Waals surface area (Å²) in [5.74, 6) is 0. The minimum Gasteiger partial charge on any atom is -0.398 e. The van der Waals surface area contributed by atoms with Crippen molar-refractivity contribution in [3.05, 3.63) is 77.3 Å². The number of rotatable bonds is 2. The van der Waals surface area contributed by atoms with Crippen molar-refractivity contribution in [3.8, 4) is 22.3 Å². The van der Waals surface area contributed by atoms with E-state index < -0.39 is 0 Å². The first-order valence-electron chi connectivity index (χ1n) is 6.46. The van der Waals surface area contributed by atoms with Gasteiger partial charge in [-0.3, -0.25) is 0 Å². The highest BCUT2D eigenvalue weighted by molar-refractivity contribution is 9.10. The van der Waals surface area contributed by atoms with Crippen LogP contribution in [0, 0.1) is 0 Å². The zero-order valence-corrected chi connectivity index (χ0v) is 13.2. The zero-order valence-electron chi connectivity index (χ0n) is 11.6. The van der Waals surface area contributed by atoms with E-state index in [1.165, 1.54) is 5.56 Å². The van der Waals surface area contributed by atoms with Gasteiger partial charge in [0.15, 0.2) is 0 Å². The van der Waals surface area contributed by atoms with Crippen molar-refractivity contribution in [2.75, 3.05) is 5.73 Å². The molecule has 0 unspecified atom stereocenters. The van der Waals surface area contributed by atoms with Crippen molar-refractivity contribution in [1.82, 2.24) is 6.15 Å². The quantitative estimate of drug-likeness (QED) is 0.602. The minimum absolute atomic E-state index is 0. The zero-order chi connectivity index (χ0) is 13.9. The van der Waals surface area contributed by atoms with Gasteiger partial charge >= 0.3 is 0 Å². The molecular weight excluding hydrogens is 324 g/mol. The predicted octanol–water partition coefficient (Wildman–Crippen LogP) is 5.53. The third kappa shape index (κ3) is 2.99. The van der Waals surface area contributed by atoms with Gasteiger partial charge in [0, 0.05) is 15.7 Å². The first kappa shape index (κ1) is 15.3. The Morgan fingerprint density at radius 3 is 1.76 bits per heavy atom. The van der Waals surface area contributed by atoms with Crippen molar-refractivity contribution < 1.29 is 0 Å². The number of hydrogen-bond acceptors (Lipinski definition) is 2. The normalized spacial score (nSPS) is 9.95. The van der Waals surface area contributed by atoms with Gasteiger partial charge in [-0.25, -0.2) is 0 Å². The summed E-state index contributed by atoms with van der Waals surface area (Å²) in [4.78, 5) is 0. The predicted molar refractivity (Wildman–Crippen MR) is 94.4 cm³/mol. The van der Waals surface area contributed by atoms with Gasteiger partial charge in [0.25, 0.3) is 0 Å². The lowest BCUT2D eigenvalue weighted by molar-refractivity contribution is 1.55. The highest BCUT2D eigenvalue weighted by Gasteiger charge is 2.12. The van der Waals surface area contributed by atoms with Gasteiger partial charge in [-0.1, -0.05) is 66.7 Å². The molecule has 0 fully saturated rings. The van der Waals surface area contributed by atoms with Crippen LogP contribution in [-0.2, 0) is 0 Å². The molecule has 3 aromatic rings. The van der Waals surface area contributed by atoms with Crippen LogP contribution in [-0.4, -0.2) is 0 Å². The van der Waals surface area contributed by atoms with Gasteiger partial charge in [0.05, 0.1) is 0 Å². The Morgan fingerprint density at radius 2 is 1.19 bits per heavy atom. The van der Waals surface area contributed by atoms with Crippen LogP contribution >= 0.6 is 15.9 Å². The molecule has 0 bridgehead atoms. The summed E-state index contributed by atoms with van der Waals surface area (Å²) in [5, 5.41) is 0. The molecule has 0 atom stereocenters. The highest BCUT2D eigenvalue weighted by Crippen LogP contribution is 2.40. The second-order valence-electron chi connectivity index (χ2n) is 4.62. The molecule has 106 valence electrons. The molecule has 3 rings (SSSR count). The Hall–Kier alpha value is -2.10. The number of anilines is 1. The molecule has 0 amide bonds. The Balaban J connectivity index is 0.00000161. The Kier molecular flexibility index (Phi) is 4.78. The van der Waals surface area contributed by atoms with E-state index in [2.05, 4.69) is 46.3 Å². The lowest BCUT2D eigenvalue weighted by Crippen LogP contribution is -1.93. The summed E-state index contributed by atoms with van der Waals surface area (Å²) in [5.41, 5.74) is 11.4. The average molecular weight is 341 g/mol. The standard InChI is InChI=1S/C18H14BrN.H3N/c19-18-15(13-7-3-1-4-8-13)11-12-16(20)17(18)14-9-5-2-6-10-14;/h1-12H,20H2;1H3. The molecule has 3 heteroatoms. The number of hydrogen-bond donors (Lipinski definition) is 2. The molecule has 0 aliphatic carbocycles. The third-order valence-electron chi connectivity index (χ3n) is 3.32. The molecule has 21 heavy (non-hydrogen) atoms. The first-order chi connectivity index (χ1) is 9.77. The van der Waals surface area contributed by atoms with Crippen LogP contribution in [0.2, 0.25) is 0 Å². The summed E-state index contributed by atoms with van der Waals surface area (Å²) in [6.45, 7) is 0. The van der Waals surface area contributed by atoms with Gasteiger partial charge in [-0.15, -0.1) is 0 Å². The van der Waals surface area contributed by atoms with Crippen molar-refractivity contribution in [2.45, 2.75) is 0 Å². The fraction of sp³-hybridized carbons (Fsp3) is 0. The van der Waals surface area contributed by atoms with Gasteiger partial charge in [-0.2, -0.15) is 0 Å². The summed E-state index contributed by atoms with van der Waals surface area (Å²) < 4.78 is 1.04. The third-order valence-corrected chi connectivity index (χ3v) is 4.15. The monoisotopic (exact) mass is 340 g/mol. The second-order valence-corrected chi connectivity index (χ2v) is 5.42. The maximum Gasteiger partial charge on any atom is 0.0405 e. The molecule has 0 radical (unpaired) electrons. The van der Waals surface area contributed by atoms with E-state index in [1.54, 1.807) is 0 Å². The van der Waals surface area contributed by atoms with Gasteiger partial charge < -0.3 is 11.9 Å². The number of halogens is 1. The maximum absolute atomic E-state index is 6.17. The Bertz CT molecular complexity index is 725. The maximum atomic E-state index is 6.17.